The summed E-state index contributed by atoms with van der Waals surface area (Å²) in [6.45, 7) is 6.38. The second kappa shape index (κ2) is 4.91. The molecule has 1 saturated heterocycles. The first-order valence-electron chi connectivity index (χ1n) is 6.19. The van der Waals surface area contributed by atoms with Gasteiger partial charge in [0.05, 0.1) is 13.2 Å². The molecule has 1 aromatic rings. The predicted octanol–water partition coefficient (Wildman–Crippen LogP) is 0.908. The average molecular weight is 262 g/mol. The van der Waals surface area contributed by atoms with Gasteiger partial charge in [-0.25, -0.2) is 0 Å². The highest BCUT2D eigenvalue weighted by Gasteiger charge is 2.28. The maximum Gasteiger partial charge on any atom is 0.309 e. The van der Waals surface area contributed by atoms with Crippen molar-refractivity contribution < 1.29 is 14.3 Å². The number of hydrogen-bond acceptors (Lipinski definition) is 3. The summed E-state index contributed by atoms with van der Waals surface area (Å²) in [6, 6.07) is 1.77. The molecule has 19 heavy (non-hydrogen) atoms. The molecule has 5 nitrogen and oxygen atoms in total. The molecule has 1 aromatic carbocycles. The van der Waals surface area contributed by atoms with Crippen LogP contribution in [-0.4, -0.2) is 25.5 Å². The maximum atomic E-state index is 11.5. The Morgan fingerprint density at radius 2 is 1.84 bits per heavy atom. The lowest BCUT2D eigenvalue weighted by atomic mass is 9.91. The van der Waals surface area contributed by atoms with E-state index in [2.05, 4.69) is 10.6 Å². The maximum absolute atomic E-state index is 11.5. The zero-order valence-corrected chi connectivity index (χ0v) is 11.6. The Kier molecular flexibility index (Phi) is 3.46. The summed E-state index contributed by atoms with van der Waals surface area (Å²) < 4.78 is 5.33. The molecule has 1 aliphatic heterocycles. The van der Waals surface area contributed by atoms with Crippen molar-refractivity contribution in [3.63, 3.8) is 0 Å². The van der Waals surface area contributed by atoms with Gasteiger partial charge in [-0.3, -0.25) is 9.59 Å². The number of amides is 2. The van der Waals surface area contributed by atoms with Crippen LogP contribution < -0.4 is 15.4 Å². The summed E-state index contributed by atoms with van der Waals surface area (Å²) in [5.74, 6) is -0.315. The minimum absolute atomic E-state index is 0.185. The molecule has 2 N–H and O–H groups in total. The Labute approximate surface area is 112 Å². The molecule has 1 atom stereocenters. The van der Waals surface area contributed by atoms with Crippen molar-refractivity contribution in [2.45, 2.75) is 26.8 Å². The predicted molar refractivity (Wildman–Crippen MR) is 71.1 cm³/mol. The molecule has 0 radical (unpaired) electrons. The van der Waals surface area contributed by atoms with Gasteiger partial charge in [0.2, 0.25) is 0 Å². The van der Waals surface area contributed by atoms with Crippen molar-refractivity contribution >= 4 is 11.8 Å². The van der Waals surface area contributed by atoms with Crippen molar-refractivity contribution in [3.05, 3.63) is 28.3 Å². The van der Waals surface area contributed by atoms with Gasteiger partial charge in [0.15, 0.2) is 0 Å². The highest BCUT2D eigenvalue weighted by Crippen LogP contribution is 2.31. The Bertz CT molecular complexity index is 552. The lowest BCUT2D eigenvalue weighted by molar-refractivity contribution is -0.141. The van der Waals surface area contributed by atoms with E-state index in [1.165, 1.54) is 0 Å². The monoisotopic (exact) mass is 262 g/mol. The highest BCUT2D eigenvalue weighted by atomic mass is 16.5. The molecular formula is C14H18N2O3. The number of carbonyl (C=O) groups is 2. The molecule has 5 heteroatoms. The van der Waals surface area contributed by atoms with E-state index in [-0.39, 0.29) is 6.04 Å². The quantitative estimate of drug-likeness (QED) is 0.778. The number of benzene rings is 1. The Morgan fingerprint density at radius 1 is 1.16 bits per heavy atom. The van der Waals surface area contributed by atoms with E-state index in [1.54, 1.807) is 7.11 Å². The number of carbonyl (C=O) groups excluding carboxylic acids is 2. The van der Waals surface area contributed by atoms with E-state index >= 15 is 0 Å². The topological polar surface area (TPSA) is 67.4 Å². The van der Waals surface area contributed by atoms with Gasteiger partial charge in [-0.05, 0) is 49.1 Å². The minimum atomic E-state index is -0.580. The summed E-state index contributed by atoms with van der Waals surface area (Å²) in [5, 5.41) is 5.34. The van der Waals surface area contributed by atoms with Crippen LogP contribution in [0.3, 0.4) is 0 Å². The largest absolute Gasteiger partial charge is 0.496 e. The third-order valence-electron chi connectivity index (χ3n) is 3.66. The molecule has 2 rings (SSSR count). The highest BCUT2D eigenvalue weighted by molar-refractivity contribution is 6.35. The first-order chi connectivity index (χ1) is 8.95. The van der Waals surface area contributed by atoms with Crippen molar-refractivity contribution in [1.29, 1.82) is 0 Å². The third-order valence-corrected chi connectivity index (χ3v) is 3.66. The number of piperazine rings is 1. The Morgan fingerprint density at radius 3 is 2.42 bits per heavy atom. The summed E-state index contributed by atoms with van der Waals surface area (Å²) in [4.78, 5) is 22.6. The number of methoxy groups -OCH3 is 1. The van der Waals surface area contributed by atoms with Gasteiger partial charge in [0, 0.05) is 6.54 Å². The van der Waals surface area contributed by atoms with Crippen LogP contribution in [0.1, 0.15) is 28.3 Å². The number of nitrogens with one attached hydrogen (secondary N) is 2. The molecule has 0 spiro atoms. The van der Waals surface area contributed by atoms with E-state index < -0.39 is 11.8 Å². The number of aryl methyl sites for hydroxylation is 1. The SMILES string of the molecule is COc1cc(C)c(C2CNC(=O)C(=O)N2)c(C)c1C. The third kappa shape index (κ3) is 2.28. The van der Waals surface area contributed by atoms with Crippen molar-refractivity contribution in [2.75, 3.05) is 13.7 Å². The molecule has 102 valence electrons. The van der Waals surface area contributed by atoms with E-state index in [0.29, 0.717) is 6.54 Å². The standard InChI is InChI=1S/C14H18N2O3/c1-7-5-11(19-4)8(2)9(3)12(7)10-6-15-13(17)14(18)16-10/h5,10H,6H2,1-4H3,(H,15,17)(H,16,18). The summed E-state index contributed by atoms with van der Waals surface area (Å²) in [7, 11) is 1.64. The zero-order chi connectivity index (χ0) is 14.2. The first kappa shape index (κ1) is 13.4. The summed E-state index contributed by atoms with van der Waals surface area (Å²) >= 11 is 0. The lowest BCUT2D eigenvalue weighted by Crippen LogP contribution is -2.51. The number of hydrogen-bond donors (Lipinski definition) is 2. The minimum Gasteiger partial charge on any atom is -0.496 e. The van der Waals surface area contributed by atoms with E-state index in [0.717, 1.165) is 28.0 Å². The fraction of sp³-hybridized carbons (Fsp3) is 0.429. The Hall–Kier alpha value is -2.04. The summed E-state index contributed by atoms with van der Waals surface area (Å²) in [5.41, 5.74) is 4.22. The zero-order valence-electron chi connectivity index (χ0n) is 11.6. The van der Waals surface area contributed by atoms with E-state index in [4.69, 9.17) is 4.74 Å². The fourth-order valence-corrected chi connectivity index (χ4v) is 2.54. The van der Waals surface area contributed by atoms with Crippen LogP contribution in [-0.2, 0) is 9.59 Å². The normalized spacial score (nSPS) is 18.8. The lowest BCUT2D eigenvalue weighted by Gasteiger charge is -2.28. The molecule has 0 saturated carbocycles. The van der Waals surface area contributed by atoms with Gasteiger partial charge in [-0.1, -0.05) is 0 Å². The van der Waals surface area contributed by atoms with Gasteiger partial charge < -0.3 is 15.4 Å². The van der Waals surface area contributed by atoms with Crippen molar-refractivity contribution in [2.24, 2.45) is 0 Å². The fourth-order valence-electron chi connectivity index (χ4n) is 2.54. The van der Waals surface area contributed by atoms with Gasteiger partial charge in [0.1, 0.15) is 5.75 Å². The van der Waals surface area contributed by atoms with Crippen molar-refractivity contribution in [3.8, 4) is 5.75 Å². The van der Waals surface area contributed by atoms with Gasteiger partial charge in [-0.15, -0.1) is 0 Å². The van der Waals surface area contributed by atoms with Crippen LogP contribution in [0.25, 0.3) is 0 Å². The van der Waals surface area contributed by atoms with Crippen LogP contribution in [0, 0.1) is 20.8 Å². The first-order valence-corrected chi connectivity index (χ1v) is 6.19. The molecule has 1 heterocycles. The van der Waals surface area contributed by atoms with Gasteiger partial charge in [-0.2, -0.15) is 0 Å². The molecule has 0 aromatic heterocycles. The number of ether oxygens (including phenoxy) is 1. The molecule has 0 aliphatic carbocycles. The number of rotatable bonds is 2. The van der Waals surface area contributed by atoms with Crippen LogP contribution >= 0.6 is 0 Å². The smallest absolute Gasteiger partial charge is 0.309 e. The molecular weight excluding hydrogens is 244 g/mol. The van der Waals surface area contributed by atoms with Crippen LogP contribution in [0.2, 0.25) is 0 Å². The Balaban J connectivity index is 2.43. The van der Waals surface area contributed by atoms with Gasteiger partial charge in [0.25, 0.3) is 0 Å². The van der Waals surface area contributed by atoms with Crippen molar-refractivity contribution in [1.82, 2.24) is 10.6 Å². The molecule has 1 aliphatic rings. The van der Waals surface area contributed by atoms with E-state index in [1.807, 2.05) is 26.8 Å². The molecule has 1 fully saturated rings. The molecule has 0 bridgehead atoms. The second-order valence-electron chi connectivity index (χ2n) is 4.80. The van der Waals surface area contributed by atoms with Crippen LogP contribution in [0.4, 0.5) is 0 Å². The second-order valence-corrected chi connectivity index (χ2v) is 4.80. The summed E-state index contributed by atoms with van der Waals surface area (Å²) in [6.07, 6.45) is 0. The molecule has 2 amide bonds. The molecule has 1 unspecified atom stereocenters. The van der Waals surface area contributed by atoms with Crippen LogP contribution in [0.15, 0.2) is 6.07 Å². The van der Waals surface area contributed by atoms with Gasteiger partial charge >= 0.3 is 11.8 Å². The average Bonchev–Trinajstić information content (AvgIpc) is 2.38. The van der Waals surface area contributed by atoms with E-state index in [9.17, 15) is 9.59 Å². The van der Waals surface area contributed by atoms with Crippen LogP contribution in [0.5, 0.6) is 5.75 Å².